The summed E-state index contributed by atoms with van der Waals surface area (Å²) in [5.74, 6) is -3.76. The van der Waals surface area contributed by atoms with E-state index in [2.05, 4.69) is 26.8 Å². The first-order valence-corrected chi connectivity index (χ1v) is 27.1. The number of aliphatic carboxylic acids is 1. The van der Waals surface area contributed by atoms with Gasteiger partial charge in [0.2, 0.25) is 0 Å². The summed E-state index contributed by atoms with van der Waals surface area (Å²) in [5, 5.41) is 132. The summed E-state index contributed by atoms with van der Waals surface area (Å²) in [4.78, 5) is 39.4. The lowest BCUT2D eigenvalue weighted by molar-refractivity contribution is -0.387. The first kappa shape index (κ1) is 60.3. The van der Waals surface area contributed by atoms with E-state index in [0.717, 1.165) is 5.57 Å². The zero-order valence-electron chi connectivity index (χ0n) is 45.4. The van der Waals surface area contributed by atoms with E-state index < -0.39 is 193 Å². The molecule has 23 nitrogen and oxygen atoms in total. The van der Waals surface area contributed by atoms with Crippen molar-refractivity contribution in [2.24, 2.45) is 50.2 Å². The standard InChI is InChI=1S/C54H84O23/c1-10-23(2)45(69)77-42-43(71-24(3)58)54(22-57)26(17-49(42,4)5)25-11-12-30-50(6)15-14-32(51(7,21-56)29(50)13-16-52(30,8)53(25,9)18-31(54)60)73-48-40(75-46-36(64)33(61)27(59)20-70-46)38(66)39(41(76-48)44(67)68)74-47-37(65)35(63)34(62)28(19-55)72-47/h10-11,26-43,46-48,55-57,59-66H,12-22H2,1-9H3,(H,67,68)/t26?,27?,28?,29?,30?,31?,32?,33?,34?,35?,36?,37?,38?,39?,40?,41?,42?,43?,46?,47?,48?,50-,51+,52+,53+,54-/m0/s1. The number of hydrogen-bond donors (Lipinski definition) is 12. The van der Waals surface area contributed by atoms with Crippen molar-refractivity contribution in [1.82, 2.24) is 0 Å². The fourth-order valence-electron chi connectivity index (χ4n) is 16.0. The average molecular weight is 1100 g/mol. The minimum Gasteiger partial charge on any atom is -0.479 e. The number of esters is 2. The Morgan fingerprint density at radius 1 is 0.714 bits per heavy atom. The van der Waals surface area contributed by atoms with Gasteiger partial charge in [-0.1, -0.05) is 59.3 Å². The lowest BCUT2D eigenvalue weighted by Gasteiger charge is -2.72. The maximum Gasteiger partial charge on any atom is 0.335 e. The smallest absolute Gasteiger partial charge is 0.335 e. The third-order valence-electron chi connectivity index (χ3n) is 20.7. The molecule has 77 heavy (non-hydrogen) atoms. The van der Waals surface area contributed by atoms with Crippen LogP contribution in [0.1, 0.15) is 107 Å². The number of aliphatic hydroxyl groups is 11. The van der Waals surface area contributed by atoms with Gasteiger partial charge in [-0.15, -0.1) is 0 Å². The van der Waals surface area contributed by atoms with Crippen LogP contribution < -0.4 is 0 Å². The van der Waals surface area contributed by atoms with Gasteiger partial charge in [0, 0.05) is 23.3 Å². The predicted molar refractivity (Wildman–Crippen MR) is 263 cm³/mol. The van der Waals surface area contributed by atoms with Crippen LogP contribution in [0.15, 0.2) is 23.3 Å². The molecule has 3 aliphatic heterocycles. The first-order chi connectivity index (χ1) is 36.0. The molecule has 26 atom stereocenters. The molecular weight excluding hydrogens is 1020 g/mol. The van der Waals surface area contributed by atoms with Gasteiger partial charge in [-0.3, -0.25) is 4.79 Å². The van der Waals surface area contributed by atoms with Crippen LogP contribution in [0.2, 0.25) is 0 Å². The third-order valence-corrected chi connectivity index (χ3v) is 20.7. The Bertz CT molecular complexity index is 2240. The summed E-state index contributed by atoms with van der Waals surface area (Å²) < 4.78 is 48.0. The fourth-order valence-corrected chi connectivity index (χ4v) is 16.0. The number of carbonyl (C=O) groups is 3. The Balaban J connectivity index is 1.11. The normalized spacial score (nSPS) is 50.7. The monoisotopic (exact) mass is 1100 g/mol. The number of fused-ring (bicyclic) bond motifs is 7. The van der Waals surface area contributed by atoms with E-state index in [-0.39, 0.29) is 24.7 Å². The molecule has 0 aromatic heterocycles. The Morgan fingerprint density at radius 3 is 1.99 bits per heavy atom. The van der Waals surface area contributed by atoms with Gasteiger partial charge >= 0.3 is 17.9 Å². The average Bonchev–Trinajstić information content (AvgIpc) is 3.56. The molecule has 8 aliphatic rings. The molecule has 0 amide bonds. The molecule has 4 saturated carbocycles. The van der Waals surface area contributed by atoms with Crippen LogP contribution in [0.3, 0.4) is 0 Å². The van der Waals surface area contributed by atoms with Crippen LogP contribution in [-0.4, -0.2) is 216 Å². The molecule has 0 bridgehead atoms. The molecule has 0 spiro atoms. The molecule has 23 heteroatoms. The van der Waals surface area contributed by atoms with E-state index in [1.54, 1.807) is 19.9 Å². The van der Waals surface area contributed by atoms with E-state index >= 15 is 0 Å². The number of carbonyl (C=O) groups excluding carboxylic acids is 2. The fraction of sp³-hybridized carbons (Fsp3) is 0.870. The van der Waals surface area contributed by atoms with Crippen molar-refractivity contribution in [2.75, 3.05) is 26.4 Å². The molecule has 438 valence electrons. The number of allylic oxidation sites excluding steroid dienone is 3. The van der Waals surface area contributed by atoms with Gasteiger partial charge < -0.3 is 99.2 Å². The second-order valence-corrected chi connectivity index (χ2v) is 25.1. The Morgan fingerprint density at radius 2 is 1.38 bits per heavy atom. The largest absolute Gasteiger partial charge is 0.479 e. The number of ether oxygens (including phenoxy) is 8. The van der Waals surface area contributed by atoms with Crippen LogP contribution >= 0.6 is 0 Å². The molecule has 0 radical (unpaired) electrons. The summed E-state index contributed by atoms with van der Waals surface area (Å²) in [5.41, 5.74) is -3.63. The summed E-state index contributed by atoms with van der Waals surface area (Å²) in [6.45, 7) is 14.6. The lowest BCUT2D eigenvalue weighted by atomic mass is 9.33. The van der Waals surface area contributed by atoms with Crippen molar-refractivity contribution < 1.29 is 114 Å². The molecule has 7 fully saturated rings. The van der Waals surface area contributed by atoms with Gasteiger partial charge in [-0.25, -0.2) is 9.59 Å². The number of hydrogen-bond acceptors (Lipinski definition) is 22. The molecule has 12 N–H and O–H groups in total. The van der Waals surface area contributed by atoms with Crippen LogP contribution in [-0.2, 0) is 52.3 Å². The van der Waals surface area contributed by atoms with Crippen LogP contribution in [0.5, 0.6) is 0 Å². The second-order valence-electron chi connectivity index (χ2n) is 25.1. The van der Waals surface area contributed by atoms with Crippen molar-refractivity contribution >= 4 is 17.9 Å². The van der Waals surface area contributed by atoms with E-state index in [0.29, 0.717) is 37.7 Å². The van der Waals surface area contributed by atoms with E-state index in [9.17, 15) is 75.7 Å². The lowest BCUT2D eigenvalue weighted by Crippen LogP contribution is -2.72. The first-order valence-electron chi connectivity index (χ1n) is 27.1. The topological polar surface area (TPSA) is 368 Å². The zero-order valence-corrected chi connectivity index (χ0v) is 45.4. The maximum atomic E-state index is 13.4. The van der Waals surface area contributed by atoms with Gasteiger partial charge in [0.1, 0.15) is 73.2 Å². The van der Waals surface area contributed by atoms with Gasteiger partial charge in [0.15, 0.2) is 25.0 Å². The van der Waals surface area contributed by atoms with Gasteiger partial charge in [0.05, 0.1) is 44.1 Å². The summed E-state index contributed by atoms with van der Waals surface area (Å²) >= 11 is 0. The Kier molecular flexibility index (Phi) is 17.1. The molecule has 3 saturated heterocycles. The Hall–Kier alpha value is -2.79. The van der Waals surface area contributed by atoms with Crippen molar-refractivity contribution in [3.8, 4) is 0 Å². The minimum atomic E-state index is -2.11. The van der Waals surface area contributed by atoms with Crippen LogP contribution in [0.25, 0.3) is 0 Å². The SMILES string of the molecule is CC=C(C)C(=O)OC1C(OC(C)=O)[C@]2(CO)C(O)C[C@]3(C)C(=CCC4[C@@]5(C)CCC(OC6OC(C(=O)O)C(OC7OC(CO)C(O)C(O)C7O)C(O)C6OC6OCC(O)C(O)C6O)[C@](C)(CO)C5CC[C@]43C)C2CC1(C)C. The van der Waals surface area contributed by atoms with Crippen molar-refractivity contribution in [2.45, 2.75) is 218 Å². The molecule has 8 rings (SSSR count). The molecule has 3 heterocycles. The number of carboxylic acid groups (broad SMARTS) is 1. The highest BCUT2D eigenvalue weighted by Gasteiger charge is 2.74. The highest BCUT2D eigenvalue weighted by atomic mass is 16.8. The molecule has 0 aromatic rings. The highest BCUT2D eigenvalue weighted by molar-refractivity contribution is 5.87. The van der Waals surface area contributed by atoms with Gasteiger partial charge in [-0.2, -0.15) is 0 Å². The zero-order chi connectivity index (χ0) is 56.9. The number of rotatable bonds is 13. The molecule has 0 aromatic carbocycles. The van der Waals surface area contributed by atoms with E-state index in [1.807, 2.05) is 20.8 Å². The number of aliphatic hydroxyl groups excluding tert-OH is 11. The van der Waals surface area contributed by atoms with E-state index in [4.69, 9.17) is 37.9 Å². The predicted octanol–water partition coefficient (Wildman–Crippen LogP) is -0.682. The van der Waals surface area contributed by atoms with Crippen LogP contribution in [0, 0.1) is 50.2 Å². The summed E-state index contributed by atoms with van der Waals surface area (Å²) in [6.07, 6.45) is -23.5. The van der Waals surface area contributed by atoms with Gasteiger partial charge in [-0.05, 0) is 92.8 Å². The van der Waals surface area contributed by atoms with Crippen molar-refractivity contribution in [1.29, 1.82) is 0 Å². The Labute approximate surface area is 448 Å². The minimum absolute atomic E-state index is 0.0613. The number of carboxylic acids is 1. The quantitative estimate of drug-likeness (QED) is 0.0470. The summed E-state index contributed by atoms with van der Waals surface area (Å²) in [7, 11) is 0. The highest BCUT2D eigenvalue weighted by Crippen LogP contribution is 2.76. The molecular formula is C54H84O23. The van der Waals surface area contributed by atoms with Crippen molar-refractivity contribution in [3.05, 3.63) is 23.3 Å². The molecule has 21 unspecified atom stereocenters. The third kappa shape index (κ3) is 9.64. The van der Waals surface area contributed by atoms with Gasteiger partial charge in [0.25, 0.3) is 0 Å². The van der Waals surface area contributed by atoms with E-state index in [1.165, 1.54) is 6.92 Å². The summed E-state index contributed by atoms with van der Waals surface area (Å²) in [6, 6.07) is 0. The molecule has 5 aliphatic carbocycles. The van der Waals surface area contributed by atoms with Crippen LogP contribution in [0.4, 0.5) is 0 Å². The maximum absolute atomic E-state index is 13.4. The second kappa shape index (κ2) is 21.8. The van der Waals surface area contributed by atoms with Crippen molar-refractivity contribution in [3.63, 3.8) is 0 Å².